The highest BCUT2D eigenvalue weighted by Gasteiger charge is 2.22. The standard InChI is InChI=1S/C12H18N2/c1-10-4-2-5-11(8-10)14-7-3-6-12(14)9-13/h2,4-5,8,12H,3,6-7,9,13H2,1H3/t12-/m0/s1. The third-order valence-corrected chi connectivity index (χ3v) is 2.98. The molecule has 0 spiro atoms. The number of hydrogen-bond acceptors (Lipinski definition) is 2. The third-order valence-electron chi connectivity index (χ3n) is 2.98. The molecule has 2 nitrogen and oxygen atoms in total. The number of aryl methyl sites for hydroxylation is 1. The molecule has 14 heavy (non-hydrogen) atoms. The Labute approximate surface area is 85.7 Å². The van der Waals surface area contributed by atoms with E-state index in [0.717, 1.165) is 13.1 Å². The summed E-state index contributed by atoms with van der Waals surface area (Å²) in [4.78, 5) is 2.44. The molecule has 1 aliphatic rings. The summed E-state index contributed by atoms with van der Waals surface area (Å²) in [5, 5.41) is 0. The van der Waals surface area contributed by atoms with Crippen LogP contribution in [0.15, 0.2) is 24.3 Å². The van der Waals surface area contributed by atoms with Crippen molar-refractivity contribution in [2.75, 3.05) is 18.0 Å². The van der Waals surface area contributed by atoms with E-state index in [9.17, 15) is 0 Å². The summed E-state index contributed by atoms with van der Waals surface area (Å²) in [7, 11) is 0. The zero-order chi connectivity index (χ0) is 9.97. The molecule has 1 saturated heterocycles. The van der Waals surface area contributed by atoms with Gasteiger partial charge in [-0.15, -0.1) is 0 Å². The summed E-state index contributed by atoms with van der Waals surface area (Å²) in [5.74, 6) is 0. The van der Waals surface area contributed by atoms with E-state index in [1.54, 1.807) is 0 Å². The number of nitrogens with zero attached hydrogens (tertiary/aromatic N) is 1. The molecular formula is C12H18N2. The topological polar surface area (TPSA) is 29.3 Å². The number of benzene rings is 1. The maximum Gasteiger partial charge on any atom is 0.0412 e. The molecule has 1 heterocycles. The third kappa shape index (κ3) is 1.75. The molecule has 0 bridgehead atoms. The van der Waals surface area contributed by atoms with Gasteiger partial charge in [0.05, 0.1) is 0 Å². The predicted molar refractivity (Wildman–Crippen MR) is 60.6 cm³/mol. The highest BCUT2D eigenvalue weighted by Crippen LogP contribution is 2.25. The lowest BCUT2D eigenvalue weighted by molar-refractivity contribution is 0.677. The first kappa shape index (κ1) is 9.53. The van der Waals surface area contributed by atoms with Crippen molar-refractivity contribution < 1.29 is 0 Å². The van der Waals surface area contributed by atoms with Crippen molar-refractivity contribution in [2.45, 2.75) is 25.8 Å². The molecule has 2 rings (SSSR count). The fourth-order valence-corrected chi connectivity index (χ4v) is 2.23. The van der Waals surface area contributed by atoms with Crippen molar-refractivity contribution in [1.82, 2.24) is 0 Å². The lowest BCUT2D eigenvalue weighted by Crippen LogP contribution is -2.35. The van der Waals surface area contributed by atoms with Crippen LogP contribution in [0.3, 0.4) is 0 Å². The van der Waals surface area contributed by atoms with Crippen molar-refractivity contribution >= 4 is 5.69 Å². The van der Waals surface area contributed by atoms with Crippen molar-refractivity contribution in [3.63, 3.8) is 0 Å². The zero-order valence-electron chi connectivity index (χ0n) is 8.74. The second-order valence-electron chi connectivity index (χ2n) is 4.06. The molecule has 0 radical (unpaired) electrons. The molecule has 1 atom stereocenters. The Morgan fingerprint density at radius 3 is 3.07 bits per heavy atom. The smallest absolute Gasteiger partial charge is 0.0412 e. The van der Waals surface area contributed by atoms with Crippen molar-refractivity contribution in [2.24, 2.45) is 5.73 Å². The normalized spacial score (nSPS) is 21.6. The Morgan fingerprint density at radius 1 is 1.50 bits per heavy atom. The van der Waals surface area contributed by atoms with Crippen LogP contribution in [-0.4, -0.2) is 19.1 Å². The maximum absolute atomic E-state index is 5.76. The number of nitrogens with two attached hydrogens (primary N) is 1. The highest BCUT2D eigenvalue weighted by molar-refractivity contribution is 5.50. The molecule has 76 valence electrons. The van der Waals surface area contributed by atoms with E-state index in [1.165, 1.54) is 24.1 Å². The van der Waals surface area contributed by atoms with E-state index < -0.39 is 0 Å². The van der Waals surface area contributed by atoms with E-state index in [2.05, 4.69) is 36.1 Å². The Hall–Kier alpha value is -1.02. The Morgan fingerprint density at radius 2 is 2.36 bits per heavy atom. The highest BCUT2D eigenvalue weighted by atomic mass is 15.2. The summed E-state index contributed by atoms with van der Waals surface area (Å²) in [5.41, 5.74) is 8.41. The van der Waals surface area contributed by atoms with E-state index in [1.807, 2.05) is 0 Å². The number of hydrogen-bond donors (Lipinski definition) is 1. The quantitative estimate of drug-likeness (QED) is 0.772. The predicted octanol–water partition coefficient (Wildman–Crippen LogP) is 1.92. The molecule has 0 saturated carbocycles. The molecule has 1 fully saturated rings. The molecule has 2 N–H and O–H groups in total. The molecule has 1 aromatic rings. The summed E-state index contributed by atoms with van der Waals surface area (Å²) >= 11 is 0. The molecule has 1 aliphatic heterocycles. The lowest BCUT2D eigenvalue weighted by Gasteiger charge is -2.25. The molecule has 0 unspecified atom stereocenters. The minimum Gasteiger partial charge on any atom is -0.367 e. The first-order valence-corrected chi connectivity index (χ1v) is 5.34. The Bertz CT molecular complexity index is 309. The van der Waals surface area contributed by atoms with Crippen molar-refractivity contribution in [3.05, 3.63) is 29.8 Å². The van der Waals surface area contributed by atoms with Gasteiger partial charge >= 0.3 is 0 Å². The van der Waals surface area contributed by atoms with Crippen LogP contribution < -0.4 is 10.6 Å². The lowest BCUT2D eigenvalue weighted by atomic mass is 10.2. The minimum absolute atomic E-state index is 0.553. The fourth-order valence-electron chi connectivity index (χ4n) is 2.23. The van der Waals surface area contributed by atoms with Gasteiger partial charge in [0.2, 0.25) is 0 Å². The number of anilines is 1. The molecule has 0 amide bonds. The van der Waals surface area contributed by atoms with Gasteiger partial charge < -0.3 is 10.6 Å². The average Bonchev–Trinajstić information content (AvgIpc) is 2.65. The molecule has 1 aromatic carbocycles. The summed E-state index contributed by atoms with van der Waals surface area (Å²) in [6.45, 7) is 4.07. The van der Waals surface area contributed by atoms with E-state index in [4.69, 9.17) is 5.73 Å². The Kier molecular flexibility index (Phi) is 2.73. The SMILES string of the molecule is Cc1cccc(N2CCC[C@H]2CN)c1. The summed E-state index contributed by atoms with van der Waals surface area (Å²) < 4.78 is 0. The van der Waals surface area contributed by atoms with Crippen LogP contribution >= 0.6 is 0 Å². The monoisotopic (exact) mass is 190 g/mol. The van der Waals surface area contributed by atoms with Gasteiger partial charge in [-0.05, 0) is 37.5 Å². The van der Waals surface area contributed by atoms with Gasteiger partial charge in [-0.3, -0.25) is 0 Å². The number of rotatable bonds is 2. The zero-order valence-corrected chi connectivity index (χ0v) is 8.74. The van der Waals surface area contributed by atoms with Crippen molar-refractivity contribution in [3.8, 4) is 0 Å². The van der Waals surface area contributed by atoms with E-state index in [0.29, 0.717) is 6.04 Å². The molecule has 0 aromatic heterocycles. The van der Waals surface area contributed by atoms with Crippen LogP contribution in [0.1, 0.15) is 18.4 Å². The van der Waals surface area contributed by atoms with Crippen LogP contribution in [0.25, 0.3) is 0 Å². The summed E-state index contributed by atoms with van der Waals surface area (Å²) in [6.07, 6.45) is 2.51. The largest absolute Gasteiger partial charge is 0.367 e. The molecular weight excluding hydrogens is 172 g/mol. The second-order valence-corrected chi connectivity index (χ2v) is 4.06. The second kappa shape index (κ2) is 4.01. The van der Waals surface area contributed by atoms with Crippen LogP contribution in [-0.2, 0) is 0 Å². The van der Waals surface area contributed by atoms with Gasteiger partial charge in [-0.25, -0.2) is 0 Å². The van der Waals surface area contributed by atoms with E-state index >= 15 is 0 Å². The average molecular weight is 190 g/mol. The first-order valence-electron chi connectivity index (χ1n) is 5.34. The maximum atomic E-state index is 5.76. The first-order chi connectivity index (χ1) is 6.81. The van der Waals surface area contributed by atoms with Crippen LogP contribution in [0, 0.1) is 6.92 Å². The minimum atomic E-state index is 0.553. The van der Waals surface area contributed by atoms with Crippen LogP contribution in [0.5, 0.6) is 0 Å². The van der Waals surface area contributed by atoms with Gasteiger partial charge in [0.25, 0.3) is 0 Å². The molecule has 0 aliphatic carbocycles. The van der Waals surface area contributed by atoms with E-state index in [-0.39, 0.29) is 0 Å². The Balaban J connectivity index is 2.21. The van der Waals surface area contributed by atoms with Gasteiger partial charge in [-0.2, -0.15) is 0 Å². The molecule has 2 heteroatoms. The van der Waals surface area contributed by atoms with Crippen LogP contribution in [0.2, 0.25) is 0 Å². The van der Waals surface area contributed by atoms with Gasteiger partial charge in [0.15, 0.2) is 0 Å². The van der Waals surface area contributed by atoms with Gasteiger partial charge in [0, 0.05) is 24.8 Å². The van der Waals surface area contributed by atoms with Gasteiger partial charge in [-0.1, -0.05) is 12.1 Å². The van der Waals surface area contributed by atoms with Crippen molar-refractivity contribution in [1.29, 1.82) is 0 Å². The fraction of sp³-hybridized carbons (Fsp3) is 0.500. The summed E-state index contributed by atoms with van der Waals surface area (Å²) in [6, 6.07) is 9.24. The van der Waals surface area contributed by atoms with Gasteiger partial charge in [0.1, 0.15) is 0 Å². The van der Waals surface area contributed by atoms with Crippen LogP contribution in [0.4, 0.5) is 5.69 Å².